The van der Waals surface area contributed by atoms with Crippen molar-refractivity contribution in [3.63, 3.8) is 0 Å². The van der Waals surface area contributed by atoms with Crippen LogP contribution in [0, 0.1) is 5.92 Å². The topological polar surface area (TPSA) is 78.0 Å². The van der Waals surface area contributed by atoms with Gasteiger partial charge in [-0.25, -0.2) is 14.6 Å². The number of esters is 1. The van der Waals surface area contributed by atoms with Gasteiger partial charge in [-0.05, 0) is 47.0 Å². The maximum absolute atomic E-state index is 12.9. The van der Waals surface area contributed by atoms with Crippen LogP contribution in [0.25, 0.3) is 0 Å². The van der Waals surface area contributed by atoms with Crippen molar-refractivity contribution in [3.05, 3.63) is 16.1 Å². The Morgan fingerprint density at radius 3 is 2.33 bits per heavy atom. The molecule has 2 atom stereocenters. The zero-order valence-electron chi connectivity index (χ0n) is 19.7. The van der Waals surface area contributed by atoms with Crippen LogP contribution in [0.4, 0.5) is 4.79 Å². The van der Waals surface area contributed by atoms with Crippen molar-refractivity contribution < 1.29 is 23.8 Å². The molecular weight excluding hydrogens is 404 g/mol. The van der Waals surface area contributed by atoms with E-state index >= 15 is 0 Å². The Hall–Kier alpha value is -1.67. The summed E-state index contributed by atoms with van der Waals surface area (Å²) >= 11 is 1.38. The van der Waals surface area contributed by atoms with E-state index in [1.807, 2.05) is 39.5 Å². The molecule has 0 saturated carbocycles. The lowest BCUT2D eigenvalue weighted by atomic mass is 9.96. The third-order valence-electron chi connectivity index (χ3n) is 4.37. The molecule has 0 radical (unpaired) electrons. The monoisotopic (exact) mass is 442 g/mol. The molecule has 1 aromatic heterocycles. The van der Waals surface area contributed by atoms with Crippen LogP contribution in [0.1, 0.15) is 89.8 Å². The zero-order chi connectivity index (χ0) is 22.9. The minimum Gasteiger partial charge on any atom is -0.461 e. The first-order valence-corrected chi connectivity index (χ1v) is 11.7. The molecule has 1 rings (SSSR count). The van der Waals surface area contributed by atoms with Gasteiger partial charge in [-0.3, -0.25) is 0 Å². The molecule has 0 fully saturated rings. The smallest absolute Gasteiger partial charge is 0.410 e. The van der Waals surface area contributed by atoms with Gasteiger partial charge < -0.3 is 19.1 Å². The van der Waals surface area contributed by atoms with E-state index in [1.165, 1.54) is 11.3 Å². The minimum absolute atomic E-state index is 0.0914. The van der Waals surface area contributed by atoms with E-state index in [4.69, 9.17) is 14.2 Å². The van der Waals surface area contributed by atoms with Crippen LogP contribution < -0.4 is 0 Å². The number of ether oxygens (including phenoxy) is 3. The summed E-state index contributed by atoms with van der Waals surface area (Å²) in [6, 6.07) is -0.0914. The van der Waals surface area contributed by atoms with Crippen LogP contribution in [0.2, 0.25) is 0 Å². The highest BCUT2D eigenvalue weighted by molar-refractivity contribution is 7.09. The Morgan fingerprint density at radius 1 is 1.17 bits per heavy atom. The van der Waals surface area contributed by atoms with Crippen molar-refractivity contribution in [3.8, 4) is 0 Å². The second kappa shape index (κ2) is 12.2. The van der Waals surface area contributed by atoms with E-state index in [0.29, 0.717) is 36.9 Å². The standard InChI is InChI=1S/C22H38N2O5S/c1-9-12-24(21(26)29-22(6,7)8)17(15(4)5)13-18(27-10-2)19-23-16(14-30-19)20(25)28-11-3/h14-15,17-18H,9-13H2,1-8H3/t17?,18-/m0/s1. The zero-order valence-corrected chi connectivity index (χ0v) is 20.5. The van der Waals surface area contributed by atoms with Crippen molar-refractivity contribution in [2.45, 2.75) is 86.0 Å². The Bertz CT molecular complexity index is 669. The molecule has 1 amide bonds. The van der Waals surface area contributed by atoms with Crippen LogP contribution in [0.3, 0.4) is 0 Å². The second-order valence-corrected chi connectivity index (χ2v) is 9.35. The summed E-state index contributed by atoms with van der Waals surface area (Å²) < 4.78 is 16.7. The molecule has 1 unspecified atom stereocenters. The number of carbonyl (C=O) groups is 2. The SMILES string of the molecule is CCCN(C(=O)OC(C)(C)C)C(C[C@H](OCC)c1nc(C(=O)OCC)cs1)C(C)C. The molecule has 0 aromatic carbocycles. The van der Waals surface area contributed by atoms with Crippen molar-refractivity contribution in [2.75, 3.05) is 19.8 Å². The summed E-state index contributed by atoms with van der Waals surface area (Å²) in [5.41, 5.74) is -0.270. The highest BCUT2D eigenvalue weighted by atomic mass is 32.1. The normalized spacial score (nSPS) is 13.8. The maximum atomic E-state index is 12.9. The lowest BCUT2D eigenvalue weighted by Crippen LogP contribution is -2.47. The summed E-state index contributed by atoms with van der Waals surface area (Å²) in [6.45, 7) is 16.9. The summed E-state index contributed by atoms with van der Waals surface area (Å²) in [5, 5.41) is 2.41. The van der Waals surface area contributed by atoms with Crippen molar-refractivity contribution >= 4 is 23.4 Å². The third-order valence-corrected chi connectivity index (χ3v) is 5.30. The number of rotatable bonds is 11. The van der Waals surface area contributed by atoms with E-state index in [1.54, 1.807) is 12.3 Å². The van der Waals surface area contributed by atoms with E-state index in [0.717, 1.165) is 6.42 Å². The van der Waals surface area contributed by atoms with E-state index < -0.39 is 11.6 Å². The highest BCUT2D eigenvalue weighted by Crippen LogP contribution is 2.31. The third kappa shape index (κ3) is 8.22. The lowest BCUT2D eigenvalue weighted by molar-refractivity contribution is -0.00779. The molecule has 0 aliphatic rings. The molecule has 30 heavy (non-hydrogen) atoms. The van der Waals surface area contributed by atoms with Gasteiger partial charge in [0, 0.05) is 31.0 Å². The fourth-order valence-electron chi connectivity index (χ4n) is 3.11. The molecule has 0 aliphatic carbocycles. The summed E-state index contributed by atoms with van der Waals surface area (Å²) in [4.78, 5) is 31.2. The Labute approximate surface area is 185 Å². The number of carbonyl (C=O) groups excluding carboxylic acids is 2. The predicted molar refractivity (Wildman–Crippen MR) is 119 cm³/mol. The Morgan fingerprint density at radius 2 is 1.83 bits per heavy atom. The number of hydrogen-bond donors (Lipinski definition) is 0. The van der Waals surface area contributed by atoms with Crippen LogP contribution in [-0.4, -0.2) is 53.3 Å². The number of thiazole rings is 1. The molecule has 0 spiro atoms. The van der Waals surface area contributed by atoms with Gasteiger partial charge in [0.1, 0.15) is 16.7 Å². The Balaban J connectivity index is 3.12. The molecule has 7 nitrogen and oxygen atoms in total. The van der Waals surface area contributed by atoms with Crippen molar-refractivity contribution in [1.29, 1.82) is 0 Å². The minimum atomic E-state index is -0.562. The first-order chi connectivity index (χ1) is 14.0. The predicted octanol–water partition coefficient (Wildman–Crippen LogP) is 5.46. The number of amides is 1. The summed E-state index contributed by atoms with van der Waals surface area (Å²) in [7, 11) is 0. The Kier molecular flexibility index (Phi) is 10.8. The summed E-state index contributed by atoms with van der Waals surface area (Å²) in [6.07, 6.45) is 0.758. The molecule has 1 heterocycles. The van der Waals surface area contributed by atoms with Crippen LogP contribution in [0.15, 0.2) is 5.38 Å². The summed E-state index contributed by atoms with van der Waals surface area (Å²) in [5.74, 6) is -0.242. The first kappa shape index (κ1) is 26.4. The number of hydrogen-bond acceptors (Lipinski definition) is 7. The molecule has 0 N–H and O–H groups in total. The van der Waals surface area contributed by atoms with E-state index in [2.05, 4.69) is 18.8 Å². The van der Waals surface area contributed by atoms with Crippen LogP contribution >= 0.6 is 11.3 Å². The quantitative estimate of drug-likeness (QED) is 0.424. The molecule has 0 aliphatic heterocycles. The van der Waals surface area contributed by atoms with Crippen molar-refractivity contribution in [1.82, 2.24) is 9.88 Å². The molecule has 8 heteroatoms. The molecule has 1 aromatic rings. The van der Waals surface area contributed by atoms with Crippen LogP contribution in [0.5, 0.6) is 0 Å². The van der Waals surface area contributed by atoms with Gasteiger partial charge in [0.15, 0.2) is 5.69 Å². The van der Waals surface area contributed by atoms with Gasteiger partial charge in [-0.1, -0.05) is 20.8 Å². The first-order valence-electron chi connectivity index (χ1n) is 10.8. The number of nitrogens with zero attached hydrogens (tertiary/aromatic N) is 2. The molecule has 172 valence electrons. The van der Waals surface area contributed by atoms with Gasteiger partial charge in [0.05, 0.1) is 6.61 Å². The second-order valence-electron chi connectivity index (χ2n) is 8.46. The van der Waals surface area contributed by atoms with E-state index in [9.17, 15) is 9.59 Å². The average molecular weight is 443 g/mol. The van der Waals surface area contributed by atoms with Gasteiger partial charge in [0.25, 0.3) is 0 Å². The molecule has 0 bridgehead atoms. The van der Waals surface area contributed by atoms with Crippen LogP contribution in [-0.2, 0) is 14.2 Å². The van der Waals surface area contributed by atoms with E-state index in [-0.39, 0.29) is 24.2 Å². The van der Waals surface area contributed by atoms with Gasteiger partial charge in [0.2, 0.25) is 0 Å². The fourth-order valence-corrected chi connectivity index (χ4v) is 3.96. The number of aromatic nitrogens is 1. The van der Waals surface area contributed by atoms with Crippen molar-refractivity contribution in [2.24, 2.45) is 5.92 Å². The lowest BCUT2D eigenvalue weighted by Gasteiger charge is -2.37. The highest BCUT2D eigenvalue weighted by Gasteiger charge is 2.33. The average Bonchev–Trinajstić information content (AvgIpc) is 3.12. The fraction of sp³-hybridized carbons (Fsp3) is 0.773. The van der Waals surface area contributed by atoms with Gasteiger partial charge >= 0.3 is 12.1 Å². The molecular formula is C22H38N2O5S. The molecule has 0 saturated heterocycles. The van der Waals surface area contributed by atoms with Gasteiger partial charge in [-0.15, -0.1) is 11.3 Å². The largest absolute Gasteiger partial charge is 0.461 e. The maximum Gasteiger partial charge on any atom is 0.410 e. The van der Waals surface area contributed by atoms with Gasteiger partial charge in [-0.2, -0.15) is 0 Å².